The fourth-order valence-corrected chi connectivity index (χ4v) is 2.20. The first-order chi connectivity index (χ1) is 9.25. The number of nitrogens with one attached hydrogen (secondary N) is 1. The summed E-state index contributed by atoms with van der Waals surface area (Å²) >= 11 is 5.14. The number of hydrogen-bond acceptors (Lipinski definition) is 4. The summed E-state index contributed by atoms with van der Waals surface area (Å²) in [5, 5.41) is 0. The molecule has 0 fully saturated rings. The number of nitrogens with zero attached hydrogens (tertiary/aromatic N) is 3. The number of fused-ring (bicyclic) bond motifs is 1. The minimum atomic E-state index is -0.328. The summed E-state index contributed by atoms with van der Waals surface area (Å²) in [4.78, 5) is 16.5. The Kier molecular flexibility index (Phi) is 2.92. The number of aromatic nitrogens is 4. The Morgan fingerprint density at radius 2 is 2.00 bits per heavy atom. The molecular weight excluding hydrogens is 258 g/mol. The number of thiocarbonyl (C=S) groups is 1. The topological polar surface area (TPSA) is 80.5 Å². The fraction of sp³-hybridized carbons (Fsp3) is 0.0769. The number of nitrogens with two attached hydrogens (primary N) is 1. The smallest absolute Gasteiger partial charge is 0.177 e. The summed E-state index contributed by atoms with van der Waals surface area (Å²) in [6, 6.07) is 9.38. The van der Waals surface area contributed by atoms with Gasteiger partial charge in [-0.3, -0.25) is 4.98 Å². The monoisotopic (exact) mass is 269 g/mol. The first-order valence-electron chi connectivity index (χ1n) is 5.76. The van der Waals surface area contributed by atoms with E-state index in [9.17, 15) is 0 Å². The third-order valence-corrected chi connectivity index (χ3v) is 3.05. The van der Waals surface area contributed by atoms with Gasteiger partial charge in [0.25, 0.3) is 0 Å². The van der Waals surface area contributed by atoms with E-state index in [0.717, 1.165) is 11.2 Å². The third-order valence-electron chi connectivity index (χ3n) is 2.82. The van der Waals surface area contributed by atoms with Crippen LogP contribution in [0.1, 0.15) is 17.4 Å². The molecular formula is C13H11N5S. The fourth-order valence-electron chi connectivity index (χ4n) is 1.97. The van der Waals surface area contributed by atoms with Crippen molar-refractivity contribution in [1.82, 2.24) is 19.9 Å². The Balaban J connectivity index is 2.12. The minimum Gasteiger partial charge on any atom is -0.392 e. The molecule has 0 saturated heterocycles. The Labute approximate surface area is 114 Å². The van der Waals surface area contributed by atoms with Crippen molar-refractivity contribution < 1.29 is 0 Å². The van der Waals surface area contributed by atoms with Gasteiger partial charge in [-0.25, -0.2) is 9.97 Å². The lowest BCUT2D eigenvalue weighted by molar-refractivity contribution is 0.918. The molecule has 0 amide bonds. The maximum atomic E-state index is 5.83. The van der Waals surface area contributed by atoms with Crippen molar-refractivity contribution in [3.63, 3.8) is 0 Å². The van der Waals surface area contributed by atoms with E-state index >= 15 is 0 Å². The first-order valence-corrected chi connectivity index (χ1v) is 6.17. The van der Waals surface area contributed by atoms with E-state index in [4.69, 9.17) is 18.0 Å². The second-order valence-electron chi connectivity index (χ2n) is 4.09. The first kappa shape index (κ1) is 11.7. The predicted octanol–water partition coefficient (Wildman–Crippen LogP) is 1.77. The maximum Gasteiger partial charge on any atom is 0.177 e. The van der Waals surface area contributed by atoms with Gasteiger partial charge in [0.15, 0.2) is 5.65 Å². The van der Waals surface area contributed by atoms with Gasteiger partial charge in [0, 0.05) is 12.4 Å². The van der Waals surface area contributed by atoms with Crippen LogP contribution in [0.15, 0.2) is 42.7 Å². The van der Waals surface area contributed by atoms with Crippen molar-refractivity contribution in [2.45, 2.75) is 5.92 Å². The van der Waals surface area contributed by atoms with Gasteiger partial charge in [-0.1, -0.05) is 18.3 Å². The molecule has 94 valence electrons. The van der Waals surface area contributed by atoms with E-state index < -0.39 is 0 Å². The summed E-state index contributed by atoms with van der Waals surface area (Å²) in [6.45, 7) is 0. The van der Waals surface area contributed by atoms with Crippen molar-refractivity contribution in [2.75, 3.05) is 0 Å². The highest BCUT2D eigenvalue weighted by molar-refractivity contribution is 7.80. The highest BCUT2D eigenvalue weighted by Crippen LogP contribution is 2.22. The van der Waals surface area contributed by atoms with Crippen LogP contribution >= 0.6 is 12.2 Å². The van der Waals surface area contributed by atoms with Gasteiger partial charge in [-0.15, -0.1) is 0 Å². The number of rotatable bonds is 3. The molecule has 6 heteroatoms. The molecule has 5 nitrogen and oxygen atoms in total. The van der Waals surface area contributed by atoms with Gasteiger partial charge in [-0.05, 0) is 24.3 Å². The number of pyridine rings is 2. The van der Waals surface area contributed by atoms with Gasteiger partial charge < -0.3 is 10.7 Å². The van der Waals surface area contributed by atoms with E-state index in [1.54, 1.807) is 12.4 Å². The summed E-state index contributed by atoms with van der Waals surface area (Å²) in [7, 11) is 0. The number of aromatic amines is 1. The van der Waals surface area contributed by atoms with Crippen molar-refractivity contribution in [3.05, 3.63) is 54.2 Å². The van der Waals surface area contributed by atoms with Crippen molar-refractivity contribution in [1.29, 1.82) is 0 Å². The molecule has 0 aromatic carbocycles. The molecule has 0 bridgehead atoms. The molecule has 0 aliphatic carbocycles. The van der Waals surface area contributed by atoms with Crippen LogP contribution in [-0.2, 0) is 0 Å². The van der Waals surface area contributed by atoms with Crippen LogP contribution in [0.2, 0.25) is 0 Å². The van der Waals surface area contributed by atoms with Gasteiger partial charge in [0.1, 0.15) is 11.7 Å². The SMILES string of the molecule is NC(=S)C(c1ccccn1)c1nc2ncccc2[nH]1. The molecule has 0 radical (unpaired) electrons. The number of H-pyrrole nitrogens is 1. The predicted molar refractivity (Wildman–Crippen MR) is 76.8 cm³/mol. The zero-order valence-electron chi connectivity index (χ0n) is 9.95. The van der Waals surface area contributed by atoms with Crippen LogP contribution in [0.5, 0.6) is 0 Å². The maximum absolute atomic E-state index is 5.83. The van der Waals surface area contributed by atoms with E-state index in [1.165, 1.54) is 0 Å². The largest absolute Gasteiger partial charge is 0.392 e. The summed E-state index contributed by atoms with van der Waals surface area (Å²) < 4.78 is 0. The highest BCUT2D eigenvalue weighted by atomic mass is 32.1. The summed E-state index contributed by atoms with van der Waals surface area (Å²) in [6.07, 6.45) is 3.41. The average Bonchev–Trinajstić information content (AvgIpc) is 2.82. The highest BCUT2D eigenvalue weighted by Gasteiger charge is 2.22. The van der Waals surface area contributed by atoms with Crippen LogP contribution in [0.4, 0.5) is 0 Å². The molecule has 0 spiro atoms. The van der Waals surface area contributed by atoms with Gasteiger partial charge >= 0.3 is 0 Å². The molecule has 3 aromatic heterocycles. The van der Waals surface area contributed by atoms with Crippen LogP contribution in [0, 0.1) is 0 Å². The summed E-state index contributed by atoms with van der Waals surface area (Å²) in [5.41, 5.74) is 8.11. The number of imidazole rings is 1. The zero-order valence-corrected chi connectivity index (χ0v) is 10.8. The second-order valence-corrected chi connectivity index (χ2v) is 4.56. The van der Waals surface area contributed by atoms with Crippen LogP contribution in [0.3, 0.4) is 0 Å². The lowest BCUT2D eigenvalue weighted by Crippen LogP contribution is -2.22. The lowest BCUT2D eigenvalue weighted by atomic mass is 10.0. The van der Waals surface area contributed by atoms with Crippen molar-refractivity contribution >= 4 is 28.4 Å². The summed E-state index contributed by atoms with van der Waals surface area (Å²) in [5.74, 6) is 0.338. The Morgan fingerprint density at radius 3 is 2.68 bits per heavy atom. The molecule has 19 heavy (non-hydrogen) atoms. The molecule has 3 rings (SSSR count). The van der Waals surface area contributed by atoms with Crippen molar-refractivity contribution in [2.24, 2.45) is 5.73 Å². The third kappa shape index (κ3) is 2.17. The molecule has 3 heterocycles. The number of hydrogen-bond donors (Lipinski definition) is 2. The second kappa shape index (κ2) is 4.74. The lowest BCUT2D eigenvalue weighted by Gasteiger charge is -2.11. The quantitative estimate of drug-likeness (QED) is 0.708. The zero-order chi connectivity index (χ0) is 13.2. The Hall–Kier alpha value is -2.34. The van der Waals surface area contributed by atoms with Crippen LogP contribution in [0.25, 0.3) is 11.2 Å². The van der Waals surface area contributed by atoms with Crippen molar-refractivity contribution in [3.8, 4) is 0 Å². The van der Waals surface area contributed by atoms with Gasteiger partial charge in [0.05, 0.1) is 16.2 Å². The normalized spacial score (nSPS) is 12.4. The van der Waals surface area contributed by atoms with E-state index in [1.807, 2.05) is 30.3 Å². The molecule has 3 aromatic rings. The molecule has 0 aliphatic rings. The van der Waals surface area contributed by atoms with Crippen LogP contribution < -0.4 is 5.73 Å². The molecule has 0 aliphatic heterocycles. The molecule has 0 saturated carbocycles. The standard InChI is InChI=1S/C13H11N5S/c14-11(19)10(8-4-1-2-6-15-8)13-17-9-5-3-7-16-12(9)18-13/h1-7,10H,(H2,14,19)(H,16,17,18). The van der Waals surface area contributed by atoms with Gasteiger partial charge in [0.2, 0.25) is 0 Å². The van der Waals surface area contributed by atoms with Crippen LogP contribution in [-0.4, -0.2) is 24.9 Å². The van der Waals surface area contributed by atoms with E-state index in [-0.39, 0.29) is 5.92 Å². The molecule has 3 N–H and O–H groups in total. The van der Waals surface area contributed by atoms with Gasteiger partial charge in [-0.2, -0.15) is 0 Å². The average molecular weight is 269 g/mol. The van der Waals surface area contributed by atoms with E-state index in [0.29, 0.717) is 16.5 Å². The minimum absolute atomic E-state index is 0.328. The van der Waals surface area contributed by atoms with E-state index in [2.05, 4.69) is 19.9 Å². The molecule has 1 atom stereocenters. The Morgan fingerprint density at radius 1 is 1.16 bits per heavy atom. The Bertz CT molecular complexity index is 689. The molecule has 1 unspecified atom stereocenters.